The highest BCUT2D eigenvalue weighted by molar-refractivity contribution is 5.80. The Morgan fingerprint density at radius 1 is 1.53 bits per heavy atom. The maximum atomic E-state index is 11.9. The second-order valence-electron chi connectivity index (χ2n) is 3.99. The fourth-order valence-corrected chi connectivity index (χ4v) is 1.34. The maximum Gasteiger partial charge on any atom is 0.245 e. The molecule has 0 aromatic carbocycles. The Morgan fingerprint density at radius 3 is 2.59 bits per heavy atom. The highest BCUT2D eigenvalue weighted by Crippen LogP contribution is 2.11. The molecule has 0 fully saturated rings. The third-order valence-electron chi connectivity index (χ3n) is 2.88. The Balaban J connectivity index is 2.71. The van der Waals surface area contributed by atoms with Crippen molar-refractivity contribution < 1.29 is 15.0 Å². The number of nitrogens with one attached hydrogen (secondary N) is 1. The lowest BCUT2D eigenvalue weighted by Crippen LogP contribution is -2.55. The Kier molecular flexibility index (Phi) is 4.59. The van der Waals surface area contributed by atoms with Crippen LogP contribution >= 0.6 is 0 Å². The molecular formula is C10H18N4O3. The molecule has 0 bridgehead atoms. The van der Waals surface area contributed by atoms with Gasteiger partial charge in [-0.05, 0) is 13.3 Å². The molecule has 0 saturated carbocycles. The molecule has 1 atom stereocenters. The lowest BCUT2D eigenvalue weighted by Gasteiger charge is -2.30. The number of aromatic nitrogens is 3. The van der Waals surface area contributed by atoms with Gasteiger partial charge in [0.1, 0.15) is 18.7 Å². The summed E-state index contributed by atoms with van der Waals surface area (Å²) in [7, 11) is 0. The lowest BCUT2D eigenvalue weighted by atomic mass is 9.98. The molecule has 1 unspecified atom stereocenters. The molecule has 17 heavy (non-hydrogen) atoms. The van der Waals surface area contributed by atoms with E-state index in [-0.39, 0.29) is 19.1 Å². The van der Waals surface area contributed by atoms with Crippen LogP contribution in [0.2, 0.25) is 0 Å². The summed E-state index contributed by atoms with van der Waals surface area (Å²) in [6.45, 7) is 2.83. The van der Waals surface area contributed by atoms with Crippen LogP contribution in [0.25, 0.3) is 0 Å². The minimum atomic E-state index is -0.980. The van der Waals surface area contributed by atoms with Crippen LogP contribution in [-0.2, 0) is 4.79 Å². The molecule has 0 spiro atoms. The van der Waals surface area contributed by atoms with Gasteiger partial charge in [0.15, 0.2) is 0 Å². The van der Waals surface area contributed by atoms with E-state index in [0.29, 0.717) is 6.42 Å². The number of rotatable bonds is 6. The minimum absolute atomic E-state index is 0.310. The monoisotopic (exact) mass is 242 g/mol. The zero-order valence-corrected chi connectivity index (χ0v) is 10.00. The standard InChI is InChI=1S/C10H18N4O3/c1-3-10(4-15,5-16)13-9(17)8(2)14-7-11-6-12-14/h6-8,15-16H,3-5H2,1-2H3,(H,13,17). The van der Waals surface area contributed by atoms with Crippen molar-refractivity contribution in [2.45, 2.75) is 31.8 Å². The number of carbonyl (C=O) groups excluding carboxylic acids is 1. The fourth-order valence-electron chi connectivity index (χ4n) is 1.34. The first-order valence-electron chi connectivity index (χ1n) is 5.46. The Morgan fingerprint density at radius 2 is 2.18 bits per heavy atom. The van der Waals surface area contributed by atoms with E-state index in [1.165, 1.54) is 17.3 Å². The van der Waals surface area contributed by atoms with Crippen molar-refractivity contribution in [1.29, 1.82) is 0 Å². The molecule has 96 valence electrons. The van der Waals surface area contributed by atoms with Gasteiger partial charge in [0.05, 0.1) is 18.8 Å². The third kappa shape index (κ3) is 3.01. The zero-order chi connectivity index (χ0) is 12.9. The van der Waals surface area contributed by atoms with Crippen LogP contribution in [0.5, 0.6) is 0 Å². The zero-order valence-electron chi connectivity index (χ0n) is 10.00. The van der Waals surface area contributed by atoms with E-state index >= 15 is 0 Å². The minimum Gasteiger partial charge on any atom is -0.394 e. The van der Waals surface area contributed by atoms with Gasteiger partial charge < -0.3 is 15.5 Å². The summed E-state index contributed by atoms with van der Waals surface area (Å²) in [6.07, 6.45) is 3.22. The first-order chi connectivity index (χ1) is 8.08. The van der Waals surface area contributed by atoms with Gasteiger partial charge in [0, 0.05) is 0 Å². The number of nitrogens with zero attached hydrogens (tertiary/aromatic N) is 3. The van der Waals surface area contributed by atoms with Crippen molar-refractivity contribution in [3.05, 3.63) is 12.7 Å². The summed E-state index contributed by atoms with van der Waals surface area (Å²) in [5.41, 5.74) is -0.980. The lowest BCUT2D eigenvalue weighted by molar-refractivity contribution is -0.127. The molecule has 7 heteroatoms. The molecule has 1 amide bonds. The molecule has 0 radical (unpaired) electrons. The fraction of sp³-hybridized carbons (Fsp3) is 0.700. The van der Waals surface area contributed by atoms with E-state index in [1.54, 1.807) is 13.8 Å². The predicted molar refractivity (Wildman–Crippen MR) is 60.1 cm³/mol. The SMILES string of the molecule is CCC(CO)(CO)NC(=O)C(C)n1cncn1. The molecular weight excluding hydrogens is 224 g/mol. The number of amides is 1. The average molecular weight is 242 g/mol. The van der Waals surface area contributed by atoms with Gasteiger partial charge in [-0.3, -0.25) is 4.79 Å². The van der Waals surface area contributed by atoms with Crippen molar-refractivity contribution in [3.8, 4) is 0 Å². The number of hydrogen-bond donors (Lipinski definition) is 3. The Labute approximate surface area is 99.5 Å². The van der Waals surface area contributed by atoms with Crippen molar-refractivity contribution in [3.63, 3.8) is 0 Å². The predicted octanol–water partition coefficient (Wildman–Crippen LogP) is -0.911. The van der Waals surface area contributed by atoms with Gasteiger partial charge in [-0.15, -0.1) is 0 Å². The summed E-state index contributed by atoms with van der Waals surface area (Å²) in [5.74, 6) is -0.319. The first-order valence-corrected chi connectivity index (χ1v) is 5.46. The molecule has 0 aliphatic carbocycles. The van der Waals surface area contributed by atoms with Crippen molar-refractivity contribution >= 4 is 5.91 Å². The number of carbonyl (C=O) groups is 1. The van der Waals surface area contributed by atoms with Gasteiger partial charge in [0.25, 0.3) is 0 Å². The Hall–Kier alpha value is -1.47. The summed E-state index contributed by atoms with van der Waals surface area (Å²) >= 11 is 0. The highest BCUT2D eigenvalue weighted by atomic mass is 16.3. The van der Waals surface area contributed by atoms with Gasteiger partial charge in [-0.25, -0.2) is 9.67 Å². The van der Waals surface area contributed by atoms with Gasteiger partial charge in [-0.1, -0.05) is 6.92 Å². The van der Waals surface area contributed by atoms with E-state index in [0.717, 1.165) is 0 Å². The molecule has 1 aromatic rings. The Bertz CT molecular complexity index is 340. The molecule has 3 N–H and O–H groups in total. The largest absolute Gasteiger partial charge is 0.394 e. The second-order valence-corrected chi connectivity index (χ2v) is 3.99. The van der Waals surface area contributed by atoms with Crippen LogP contribution in [0.3, 0.4) is 0 Å². The second kappa shape index (κ2) is 5.74. The quantitative estimate of drug-likeness (QED) is 0.599. The van der Waals surface area contributed by atoms with Gasteiger partial charge >= 0.3 is 0 Å². The molecule has 7 nitrogen and oxygen atoms in total. The summed E-state index contributed by atoms with van der Waals surface area (Å²) in [4.78, 5) is 15.7. The maximum absolute atomic E-state index is 11.9. The topological polar surface area (TPSA) is 100 Å². The van der Waals surface area contributed by atoms with Crippen LogP contribution in [0, 0.1) is 0 Å². The number of aliphatic hydroxyl groups excluding tert-OH is 2. The van der Waals surface area contributed by atoms with Crippen LogP contribution in [0.1, 0.15) is 26.3 Å². The molecule has 1 heterocycles. The molecule has 1 aromatic heterocycles. The third-order valence-corrected chi connectivity index (χ3v) is 2.88. The van der Waals surface area contributed by atoms with E-state index < -0.39 is 11.6 Å². The smallest absolute Gasteiger partial charge is 0.245 e. The van der Waals surface area contributed by atoms with Crippen LogP contribution < -0.4 is 5.32 Å². The molecule has 0 saturated heterocycles. The van der Waals surface area contributed by atoms with Gasteiger partial charge in [0.2, 0.25) is 5.91 Å². The van der Waals surface area contributed by atoms with Crippen molar-refractivity contribution in [2.75, 3.05) is 13.2 Å². The van der Waals surface area contributed by atoms with Crippen LogP contribution in [0.15, 0.2) is 12.7 Å². The number of hydrogen-bond acceptors (Lipinski definition) is 5. The number of aliphatic hydroxyl groups is 2. The summed E-state index contributed by atoms with van der Waals surface area (Å²) < 4.78 is 1.41. The van der Waals surface area contributed by atoms with E-state index in [1.807, 2.05) is 0 Å². The van der Waals surface area contributed by atoms with E-state index in [9.17, 15) is 15.0 Å². The molecule has 0 aliphatic rings. The normalized spacial score (nSPS) is 13.4. The van der Waals surface area contributed by atoms with Crippen molar-refractivity contribution in [1.82, 2.24) is 20.1 Å². The van der Waals surface area contributed by atoms with Gasteiger partial charge in [-0.2, -0.15) is 5.10 Å². The summed E-state index contributed by atoms with van der Waals surface area (Å²) in [6, 6.07) is -0.540. The average Bonchev–Trinajstić information content (AvgIpc) is 2.88. The highest BCUT2D eigenvalue weighted by Gasteiger charge is 2.30. The molecule has 1 rings (SSSR count). The van der Waals surface area contributed by atoms with Crippen LogP contribution in [-0.4, -0.2) is 49.6 Å². The first kappa shape index (κ1) is 13.6. The van der Waals surface area contributed by atoms with E-state index in [2.05, 4.69) is 15.4 Å². The summed E-state index contributed by atoms with van der Waals surface area (Å²) in [5, 5.41) is 25.0. The molecule has 0 aliphatic heterocycles. The van der Waals surface area contributed by atoms with E-state index in [4.69, 9.17) is 0 Å². The van der Waals surface area contributed by atoms with Crippen molar-refractivity contribution in [2.24, 2.45) is 0 Å². The van der Waals surface area contributed by atoms with Crippen LogP contribution in [0.4, 0.5) is 0 Å².